The summed E-state index contributed by atoms with van der Waals surface area (Å²) < 4.78 is 5.65. The molecule has 0 aromatic carbocycles. The molecule has 8 heteroatoms. The fourth-order valence-corrected chi connectivity index (χ4v) is 3.77. The Kier molecular flexibility index (Phi) is 11.1. The minimum absolute atomic E-state index is 0. The van der Waals surface area contributed by atoms with Crippen LogP contribution in [0.4, 0.5) is 0 Å². The molecule has 6 nitrogen and oxygen atoms in total. The predicted molar refractivity (Wildman–Crippen MR) is 128 cm³/mol. The van der Waals surface area contributed by atoms with Crippen molar-refractivity contribution in [1.82, 2.24) is 15.5 Å². The van der Waals surface area contributed by atoms with Crippen LogP contribution in [0.1, 0.15) is 45.1 Å². The van der Waals surface area contributed by atoms with Gasteiger partial charge >= 0.3 is 0 Å². The Bertz CT molecular complexity index is 670. The van der Waals surface area contributed by atoms with Crippen LogP contribution in [0.15, 0.2) is 44.6 Å². The molecular weight excluding hydrogens is 487 g/mol. The second-order valence-corrected chi connectivity index (χ2v) is 7.39. The van der Waals surface area contributed by atoms with Gasteiger partial charge in [-0.15, -0.1) is 24.0 Å². The SMILES string of the molecule is CCNC(=NCC(C)(O)c1ccsc1)NCC(c1ccco1)N(CC)CC.I. The average Bonchev–Trinajstić information content (AvgIpc) is 3.37. The summed E-state index contributed by atoms with van der Waals surface area (Å²) in [5, 5.41) is 21.3. The third-order valence-electron chi connectivity index (χ3n) is 4.62. The van der Waals surface area contributed by atoms with Gasteiger partial charge in [-0.1, -0.05) is 13.8 Å². The van der Waals surface area contributed by atoms with E-state index in [1.165, 1.54) is 0 Å². The summed E-state index contributed by atoms with van der Waals surface area (Å²) in [5.74, 6) is 1.63. The second kappa shape index (κ2) is 12.5. The molecule has 28 heavy (non-hydrogen) atoms. The molecule has 2 aromatic rings. The second-order valence-electron chi connectivity index (χ2n) is 6.61. The lowest BCUT2D eigenvalue weighted by Gasteiger charge is -2.29. The third-order valence-corrected chi connectivity index (χ3v) is 5.30. The topological polar surface area (TPSA) is 73.0 Å². The fraction of sp³-hybridized carbons (Fsp3) is 0.550. The number of aliphatic imine (C=N–C) groups is 1. The van der Waals surface area contributed by atoms with Gasteiger partial charge in [0.05, 0.1) is 18.8 Å². The minimum Gasteiger partial charge on any atom is -0.468 e. The van der Waals surface area contributed by atoms with Crippen LogP contribution in [0.3, 0.4) is 0 Å². The maximum Gasteiger partial charge on any atom is 0.191 e. The van der Waals surface area contributed by atoms with Crippen LogP contribution in [0.25, 0.3) is 0 Å². The molecule has 158 valence electrons. The molecule has 2 heterocycles. The molecule has 2 atom stereocenters. The molecule has 0 amide bonds. The van der Waals surface area contributed by atoms with Crippen LogP contribution in [0.5, 0.6) is 0 Å². The molecule has 0 spiro atoms. The maximum atomic E-state index is 10.7. The van der Waals surface area contributed by atoms with Crippen molar-refractivity contribution in [2.75, 3.05) is 32.7 Å². The van der Waals surface area contributed by atoms with E-state index in [1.54, 1.807) is 24.5 Å². The van der Waals surface area contributed by atoms with Crippen molar-refractivity contribution in [2.24, 2.45) is 4.99 Å². The van der Waals surface area contributed by atoms with Crippen molar-refractivity contribution in [1.29, 1.82) is 0 Å². The summed E-state index contributed by atoms with van der Waals surface area (Å²) in [6, 6.07) is 5.99. The number of thiophene rings is 1. The first kappa shape index (κ1) is 24.9. The quantitative estimate of drug-likeness (QED) is 0.253. The zero-order chi connectivity index (χ0) is 19.7. The molecule has 0 aliphatic carbocycles. The number of furan rings is 1. The average molecular weight is 520 g/mol. The lowest BCUT2D eigenvalue weighted by atomic mass is 10.00. The largest absolute Gasteiger partial charge is 0.468 e. The minimum atomic E-state index is -0.984. The summed E-state index contributed by atoms with van der Waals surface area (Å²) in [6.45, 7) is 11.7. The highest BCUT2D eigenvalue weighted by Gasteiger charge is 2.24. The summed E-state index contributed by atoms with van der Waals surface area (Å²) >= 11 is 1.58. The van der Waals surface area contributed by atoms with E-state index in [1.807, 2.05) is 35.9 Å². The van der Waals surface area contributed by atoms with Crippen LogP contribution in [0.2, 0.25) is 0 Å². The van der Waals surface area contributed by atoms with Gasteiger partial charge in [0.1, 0.15) is 11.4 Å². The zero-order valence-electron chi connectivity index (χ0n) is 17.1. The van der Waals surface area contributed by atoms with Gasteiger partial charge < -0.3 is 20.2 Å². The van der Waals surface area contributed by atoms with E-state index < -0.39 is 5.60 Å². The monoisotopic (exact) mass is 520 g/mol. The maximum absolute atomic E-state index is 10.7. The highest BCUT2D eigenvalue weighted by molar-refractivity contribution is 14.0. The van der Waals surface area contributed by atoms with E-state index in [0.29, 0.717) is 12.5 Å². The van der Waals surface area contributed by atoms with Gasteiger partial charge in [0.15, 0.2) is 5.96 Å². The molecule has 0 radical (unpaired) electrons. The van der Waals surface area contributed by atoms with Crippen LogP contribution < -0.4 is 10.6 Å². The van der Waals surface area contributed by atoms with Crippen molar-refractivity contribution < 1.29 is 9.52 Å². The highest BCUT2D eigenvalue weighted by Crippen LogP contribution is 2.23. The Hall–Kier alpha value is -1.10. The smallest absolute Gasteiger partial charge is 0.191 e. The molecular formula is C20H33IN4O2S. The molecule has 0 saturated carbocycles. The summed E-state index contributed by atoms with van der Waals surface area (Å²) in [4.78, 5) is 6.95. The summed E-state index contributed by atoms with van der Waals surface area (Å²) in [6.07, 6.45) is 1.71. The molecule has 0 saturated heterocycles. The molecule has 0 bridgehead atoms. The first-order chi connectivity index (χ1) is 13.0. The molecule has 0 aliphatic rings. The third kappa shape index (κ3) is 7.06. The summed E-state index contributed by atoms with van der Waals surface area (Å²) in [5.41, 5.74) is -0.0922. The predicted octanol–water partition coefficient (Wildman–Crippen LogP) is 3.80. The Morgan fingerprint density at radius 2 is 2.04 bits per heavy atom. The van der Waals surface area contributed by atoms with E-state index in [-0.39, 0.29) is 36.6 Å². The van der Waals surface area contributed by atoms with Crippen molar-refractivity contribution in [3.63, 3.8) is 0 Å². The lowest BCUT2D eigenvalue weighted by molar-refractivity contribution is 0.0677. The number of aliphatic hydroxyl groups is 1. The number of likely N-dealkylation sites (N-methyl/N-ethyl adjacent to an activating group) is 1. The van der Waals surface area contributed by atoms with Gasteiger partial charge in [0.2, 0.25) is 0 Å². The first-order valence-corrected chi connectivity index (χ1v) is 10.5. The Morgan fingerprint density at radius 1 is 1.29 bits per heavy atom. The Balaban J connectivity index is 0.00000392. The van der Waals surface area contributed by atoms with Crippen LogP contribution in [-0.4, -0.2) is 48.7 Å². The number of nitrogens with one attached hydrogen (secondary N) is 2. The van der Waals surface area contributed by atoms with Gasteiger partial charge in [-0.3, -0.25) is 4.90 Å². The van der Waals surface area contributed by atoms with Gasteiger partial charge in [0, 0.05) is 13.1 Å². The summed E-state index contributed by atoms with van der Waals surface area (Å²) in [7, 11) is 0. The van der Waals surface area contributed by atoms with Crippen LogP contribution in [0, 0.1) is 0 Å². The molecule has 3 N–H and O–H groups in total. The zero-order valence-corrected chi connectivity index (χ0v) is 20.3. The number of nitrogens with zero attached hydrogens (tertiary/aromatic N) is 2. The molecule has 2 rings (SSSR count). The van der Waals surface area contributed by atoms with E-state index in [9.17, 15) is 5.11 Å². The highest BCUT2D eigenvalue weighted by atomic mass is 127. The van der Waals surface area contributed by atoms with Crippen molar-refractivity contribution in [3.05, 3.63) is 46.5 Å². The lowest BCUT2D eigenvalue weighted by Crippen LogP contribution is -2.43. The molecule has 0 fully saturated rings. The van der Waals surface area contributed by atoms with Gasteiger partial charge in [0.25, 0.3) is 0 Å². The number of guanidine groups is 1. The van der Waals surface area contributed by atoms with Crippen LogP contribution in [-0.2, 0) is 5.60 Å². The van der Waals surface area contributed by atoms with Gasteiger partial charge in [-0.2, -0.15) is 11.3 Å². The number of hydrogen-bond acceptors (Lipinski definition) is 5. The van der Waals surface area contributed by atoms with Crippen molar-refractivity contribution in [2.45, 2.75) is 39.3 Å². The van der Waals surface area contributed by atoms with E-state index in [2.05, 4.69) is 34.4 Å². The molecule has 2 aromatic heterocycles. The van der Waals surface area contributed by atoms with E-state index in [4.69, 9.17) is 4.42 Å². The number of hydrogen-bond donors (Lipinski definition) is 3. The number of rotatable bonds is 10. The number of halogens is 1. The first-order valence-electron chi connectivity index (χ1n) is 9.56. The standard InChI is InChI=1S/C20H32N4O2S.HI/c1-5-21-19(23-15-20(4,25)16-10-12-27-14-16)22-13-17(24(6-2)7-3)18-9-8-11-26-18;/h8-12,14,17,25H,5-7,13,15H2,1-4H3,(H2,21,22,23);1H. The Labute approximate surface area is 189 Å². The Morgan fingerprint density at radius 3 is 2.57 bits per heavy atom. The van der Waals surface area contributed by atoms with Gasteiger partial charge in [-0.05, 0) is 61.5 Å². The van der Waals surface area contributed by atoms with E-state index in [0.717, 1.165) is 31.0 Å². The van der Waals surface area contributed by atoms with E-state index >= 15 is 0 Å². The van der Waals surface area contributed by atoms with Crippen molar-refractivity contribution >= 4 is 41.3 Å². The normalized spacial score (nSPS) is 15.0. The molecule has 0 aliphatic heterocycles. The fourth-order valence-electron chi connectivity index (χ4n) is 2.99. The molecule has 2 unspecified atom stereocenters. The van der Waals surface area contributed by atoms with Gasteiger partial charge in [-0.25, -0.2) is 4.99 Å². The van der Waals surface area contributed by atoms with Crippen molar-refractivity contribution in [3.8, 4) is 0 Å². The van der Waals surface area contributed by atoms with Crippen LogP contribution >= 0.6 is 35.3 Å².